The van der Waals surface area contributed by atoms with Crippen molar-refractivity contribution in [3.63, 3.8) is 0 Å². The second-order valence-electron chi connectivity index (χ2n) is 8.03. The predicted octanol–water partition coefficient (Wildman–Crippen LogP) is 4.00. The predicted molar refractivity (Wildman–Crippen MR) is 138 cm³/mol. The van der Waals surface area contributed by atoms with Gasteiger partial charge in [-0.05, 0) is 59.8 Å². The van der Waals surface area contributed by atoms with Gasteiger partial charge in [0.05, 0.1) is 26.7 Å². The minimum atomic E-state index is -0.582. The molecule has 0 spiro atoms. The van der Waals surface area contributed by atoms with Crippen LogP contribution in [-0.4, -0.2) is 51.8 Å². The third kappa shape index (κ3) is 4.64. The number of anilines is 1. The van der Waals surface area contributed by atoms with E-state index in [1.165, 1.54) is 18.2 Å². The molecule has 37 heavy (non-hydrogen) atoms. The maximum atomic E-state index is 13.0. The molecule has 5 rings (SSSR count). The second kappa shape index (κ2) is 10.00. The van der Waals surface area contributed by atoms with Crippen LogP contribution in [0.3, 0.4) is 0 Å². The fourth-order valence-electron chi connectivity index (χ4n) is 3.92. The molecular weight excluding hydrogens is 516 g/mol. The van der Waals surface area contributed by atoms with Gasteiger partial charge in [0.1, 0.15) is 0 Å². The number of para-hydroxylation sites is 1. The number of nitrogens with zero attached hydrogens (tertiary/aromatic N) is 3. The monoisotopic (exact) mass is 532 g/mol. The molecule has 0 radical (unpaired) electrons. The fraction of sp³-hybridized carbons (Fsp3) is 0.0769. The van der Waals surface area contributed by atoms with E-state index in [-0.39, 0.29) is 45.4 Å². The molecule has 0 unspecified atom stereocenters. The Hall–Kier alpha value is -4.28. The summed E-state index contributed by atoms with van der Waals surface area (Å²) >= 11 is 6.99. The number of aromatic nitrogens is 1. The van der Waals surface area contributed by atoms with Crippen molar-refractivity contribution in [2.45, 2.75) is 0 Å². The number of fused-ring (bicyclic) bond motifs is 1. The van der Waals surface area contributed by atoms with Gasteiger partial charge in [0.2, 0.25) is 0 Å². The lowest BCUT2D eigenvalue weighted by Crippen LogP contribution is -2.37. The number of carbonyl (C=O) groups excluding carboxylic acids is 5. The third-order valence-electron chi connectivity index (χ3n) is 5.72. The van der Waals surface area contributed by atoms with Gasteiger partial charge < -0.3 is 5.32 Å². The minimum absolute atomic E-state index is 0.00670. The highest BCUT2D eigenvalue weighted by Gasteiger charge is 2.38. The van der Waals surface area contributed by atoms with Crippen LogP contribution in [0.25, 0.3) is 6.08 Å². The van der Waals surface area contributed by atoms with Crippen molar-refractivity contribution in [3.8, 4) is 0 Å². The summed E-state index contributed by atoms with van der Waals surface area (Å²) in [5.41, 5.74) is 1.37. The number of pyridine rings is 1. The van der Waals surface area contributed by atoms with Crippen molar-refractivity contribution < 1.29 is 24.0 Å². The summed E-state index contributed by atoms with van der Waals surface area (Å²) in [6, 6.07) is 14.2. The maximum absolute atomic E-state index is 13.0. The van der Waals surface area contributed by atoms with Crippen molar-refractivity contribution in [2.24, 2.45) is 0 Å². The molecule has 0 saturated carbocycles. The Bertz CT molecular complexity index is 1510. The van der Waals surface area contributed by atoms with Gasteiger partial charge in [-0.2, -0.15) is 0 Å². The van der Waals surface area contributed by atoms with Gasteiger partial charge in [-0.1, -0.05) is 29.8 Å². The smallest absolute Gasteiger partial charge is 0.293 e. The number of imide groups is 2. The zero-order valence-corrected chi connectivity index (χ0v) is 20.6. The molecule has 5 amide bonds. The number of rotatable bonds is 6. The average Bonchev–Trinajstić information content (AvgIpc) is 3.31. The Kier molecular flexibility index (Phi) is 6.60. The molecule has 11 heteroatoms. The molecule has 0 bridgehead atoms. The van der Waals surface area contributed by atoms with E-state index in [0.29, 0.717) is 5.56 Å². The Morgan fingerprint density at radius 1 is 0.973 bits per heavy atom. The summed E-state index contributed by atoms with van der Waals surface area (Å²) in [7, 11) is 0. The topological polar surface area (TPSA) is 117 Å². The molecule has 9 nitrogen and oxygen atoms in total. The zero-order valence-electron chi connectivity index (χ0n) is 19.0. The Morgan fingerprint density at radius 3 is 2.51 bits per heavy atom. The third-order valence-corrected chi connectivity index (χ3v) is 6.95. The van der Waals surface area contributed by atoms with Crippen LogP contribution in [0.1, 0.15) is 36.6 Å². The van der Waals surface area contributed by atoms with Crippen LogP contribution in [0.15, 0.2) is 71.9 Å². The van der Waals surface area contributed by atoms with Crippen molar-refractivity contribution in [3.05, 3.63) is 99.2 Å². The van der Waals surface area contributed by atoms with Gasteiger partial charge in [-0.15, -0.1) is 0 Å². The van der Waals surface area contributed by atoms with Gasteiger partial charge in [0, 0.05) is 31.0 Å². The van der Waals surface area contributed by atoms with Crippen LogP contribution in [0.4, 0.5) is 10.5 Å². The average molecular weight is 533 g/mol. The van der Waals surface area contributed by atoms with E-state index in [2.05, 4.69) is 10.3 Å². The molecular formula is C26H17ClN4O5S. The number of hydrogen-bond acceptors (Lipinski definition) is 7. The highest BCUT2D eigenvalue weighted by atomic mass is 35.5. The summed E-state index contributed by atoms with van der Waals surface area (Å²) in [6.45, 7) is -0.0177. The molecule has 1 fully saturated rings. The molecule has 1 aromatic heterocycles. The number of hydrogen-bond donors (Lipinski definition) is 1. The molecule has 2 aliphatic heterocycles. The van der Waals surface area contributed by atoms with E-state index < -0.39 is 28.9 Å². The first-order valence-electron chi connectivity index (χ1n) is 11.1. The van der Waals surface area contributed by atoms with Crippen molar-refractivity contribution >= 4 is 64.0 Å². The summed E-state index contributed by atoms with van der Waals surface area (Å²) in [6.07, 6.45) is 4.78. The molecule has 2 aliphatic rings. The summed E-state index contributed by atoms with van der Waals surface area (Å²) in [4.78, 5) is 69.8. The molecule has 3 heterocycles. The van der Waals surface area contributed by atoms with Crippen molar-refractivity contribution in [1.29, 1.82) is 0 Å². The molecule has 3 aromatic rings. The lowest BCUT2D eigenvalue weighted by Gasteiger charge is -2.15. The first kappa shape index (κ1) is 24.4. The van der Waals surface area contributed by atoms with Crippen LogP contribution in [0.2, 0.25) is 5.02 Å². The van der Waals surface area contributed by atoms with Gasteiger partial charge in [-0.3, -0.25) is 33.9 Å². The van der Waals surface area contributed by atoms with Crippen LogP contribution in [0.5, 0.6) is 0 Å². The summed E-state index contributed by atoms with van der Waals surface area (Å²) < 4.78 is 0. The van der Waals surface area contributed by atoms with Crippen molar-refractivity contribution in [1.82, 2.24) is 15.2 Å². The lowest BCUT2D eigenvalue weighted by molar-refractivity contribution is -0.122. The quantitative estimate of drug-likeness (QED) is 0.376. The van der Waals surface area contributed by atoms with E-state index in [1.807, 2.05) is 0 Å². The molecule has 184 valence electrons. The SMILES string of the molecule is O=C(NCCN1C(=O)S/C(=C\c2cccnc2)C1=O)c1ccc2c(c1)C(=O)N(c1ccccc1Cl)C2=O. The lowest BCUT2D eigenvalue weighted by atomic mass is 10.1. The molecule has 1 saturated heterocycles. The number of halogens is 1. The summed E-state index contributed by atoms with van der Waals surface area (Å²) in [5.74, 6) is -2.08. The molecule has 1 N–H and O–H groups in total. The highest BCUT2D eigenvalue weighted by molar-refractivity contribution is 8.18. The highest BCUT2D eigenvalue weighted by Crippen LogP contribution is 2.34. The van der Waals surface area contributed by atoms with E-state index in [9.17, 15) is 24.0 Å². The molecule has 0 atom stereocenters. The standard InChI is InChI=1S/C26H17ClN4O5S/c27-19-5-1-2-6-20(19)31-23(33)17-8-7-16(13-18(17)24(31)34)22(32)29-10-11-30-25(35)21(37-26(30)36)12-15-4-3-9-28-14-15/h1-9,12-14H,10-11H2,(H,29,32)/b21-12-. The van der Waals surface area contributed by atoms with Gasteiger partial charge in [0.15, 0.2) is 0 Å². The number of benzene rings is 2. The van der Waals surface area contributed by atoms with Gasteiger partial charge in [0.25, 0.3) is 28.9 Å². The Balaban J connectivity index is 1.24. The number of amides is 5. The Morgan fingerprint density at radius 2 is 1.76 bits per heavy atom. The number of carbonyl (C=O) groups is 5. The number of nitrogens with one attached hydrogen (secondary N) is 1. The van der Waals surface area contributed by atoms with E-state index in [1.54, 1.807) is 54.9 Å². The summed E-state index contributed by atoms with van der Waals surface area (Å²) in [5, 5.41) is 2.46. The van der Waals surface area contributed by atoms with Crippen LogP contribution in [0, 0.1) is 0 Å². The number of thioether (sulfide) groups is 1. The Labute approximate surface area is 220 Å². The molecule has 0 aliphatic carbocycles. The normalized spacial score (nSPS) is 16.1. The second-order valence-corrected chi connectivity index (χ2v) is 9.43. The molecule has 2 aromatic carbocycles. The largest absolute Gasteiger partial charge is 0.350 e. The van der Waals surface area contributed by atoms with Crippen molar-refractivity contribution in [2.75, 3.05) is 18.0 Å². The van der Waals surface area contributed by atoms with Gasteiger partial charge in [-0.25, -0.2) is 4.90 Å². The van der Waals surface area contributed by atoms with Gasteiger partial charge >= 0.3 is 0 Å². The van der Waals surface area contributed by atoms with Crippen LogP contribution in [-0.2, 0) is 4.79 Å². The minimum Gasteiger partial charge on any atom is -0.350 e. The van der Waals surface area contributed by atoms with E-state index >= 15 is 0 Å². The van der Waals surface area contributed by atoms with Crippen LogP contribution < -0.4 is 10.2 Å². The fourth-order valence-corrected chi connectivity index (χ4v) is 5.01. The maximum Gasteiger partial charge on any atom is 0.293 e. The van der Waals surface area contributed by atoms with E-state index in [0.717, 1.165) is 21.6 Å². The zero-order chi connectivity index (χ0) is 26.1. The van der Waals surface area contributed by atoms with E-state index in [4.69, 9.17) is 11.6 Å². The van der Waals surface area contributed by atoms with Crippen LogP contribution >= 0.6 is 23.4 Å². The first-order chi connectivity index (χ1) is 17.8. The first-order valence-corrected chi connectivity index (χ1v) is 12.3.